The zero-order valence-electron chi connectivity index (χ0n) is 16.8. The van der Waals surface area contributed by atoms with Gasteiger partial charge in [-0.3, -0.25) is 0 Å². The van der Waals surface area contributed by atoms with Gasteiger partial charge in [0.25, 0.3) is 0 Å². The van der Waals surface area contributed by atoms with Crippen molar-refractivity contribution in [3.05, 3.63) is 46.2 Å². The Kier molecular flexibility index (Phi) is 7.76. The predicted octanol–water partition coefficient (Wildman–Crippen LogP) is 1.54. The fraction of sp³-hybridized carbons (Fsp3) is 0.450. The molecule has 2 rings (SSSR count). The van der Waals surface area contributed by atoms with E-state index in [0.29, 0.717) is 0 Å². The van der Waals surface area contributed by atoms with Crippen LogP contribution in [-0.4, -0.2) is 7.11 Å². The number of rotatable bonds is 2. The Morgan fingerprint density at radius 3 is 1.41 bits per heavy atom. The molecule has 0 unspecified atom stereocenters. The number of halogens is 1. The molecule has 1 aromatic heterocycles. The molecule has 5 nitrogen and oxygen atoms in total. The van der Waals surface area contributed by atoms with Crippen molar-refractivity contribution < 1.29 is 33.6 Å². The lowest BCUT2D eigenvalue weighted by Gasteiger charge is -2.17. The zero-order chi connectivity index (χ0) is 21.0. The molecule has 150 valence electrons. The van der Waals surface area contributed by atoms with Crippen molar-refractivity contribution in [2.45, 2.75) is 52.4 Å². The first-order valence-electron chi connectivity index (χ1n) is 8.36. The van der Waals surface area contributed by atoms with Gasteiger partial charge in [0.1, 0.15) is 5.75 Å². The van der Waals surface area contributed by atoms with Crippen molar-refractivity contribution >= 4 is 11.3 Å². The van der Waals surface area contributed by atoms with Crippen LogP contribution in [0.4, 0.5) is 0 Å². The van der Waals surface area contributed by atoms with Crippen LogP contribution in [0.15, 0.2) is 36.4 Å². The molecule has 0 radical (unpaired) electrons. The third kappa shape index (κ3) is 8.51. The van der Waals surface area contributed by atoms with E-state index in [1.807, 2.05) is 23.5 Å². The summed E-state index contributed by atoms with van der Waals surface area (Å²) in [6.07, 6.45) is 0. The third-order valence-corrected chi connectivity index (χ3v) is 5.60. The summed E-state index contributed by atoms with van der Waals surface area (Å²) in [5.74, 6) is 0.898. The molecule has 0 atom stereocenters. The molecular formula is C20H27ClO5S. The van der Waals surface area contributed by atoms with Gasteiger partial charge in [-0.2, -0.15) is 0 Å². The molecule has 0 aliphatic carbocycles. The van der Waals surface area contributed by atoms with E-state index in [2.05, 4.69) is 65.8 Å². The highest BCUT2D eigenvalue weighted by molar-refractivity contribution is 7.12. The molecule has 7 heteroatoms. The highest BCUT2D eigenvalue weighted by atomic mass is 35.7. The van der Waals surface area contributed by atoms with Crippen LogP contribution in [0.3, 0.4) is 0 Å². The number of methoxy groups -OCH3 is 1. The summed E-state index contributed by atoms with van der Waals surface area (Å²) >= 11 is 1.93. The Morgan fingerprint density at radius 2 is 1.11 bits per heavy atom. The van der Waals surface area contributed by atoms with Gasteiger partial charge in [-0.05, 0) is 23.3 Å². The number of benzene rings is 1. The Balaban J connectivity index is 0.000000646. The Bertz CT molecular complexity index is 703. The molecule has 1 aromatic carbocycles. The average Bonchev–Trinajstić information content (AvgIpc) is 2.51. The molecule has 0 fully saturated rings. The minimum atomic E-state index is -4.94. The molecule has 2 aromatic rings. The smallest absolute Gasteiger partial charge is 0.219 e. The van der Waals surface area contributed by atoms with Crippen molar-refractivity contribution in [1.82, 2.24) is 0 Å². The average molecular weight is 415 g/mol. The Labute approximate surface area is 167 Å². The van der Waals surface area contributed by atoms with Crippen LogP contribution in [0.2, 0.25) is 0 Å². The number of hydrogen-bond donors (Lipinski definition) is 0. The standard InChI is InChI=1S/C20H27OS.ClHO4/c1-19(2,3)17-12-15(13-18(22-17)20(4,5)6)14-8-10-16(21-7)11-9-14;2-1(3,4)5/h8-13H,1-7H3;(H,2,3,4,5)/q+1;/p-1. The first kappa shape index (κ1) is 23.8. The zero-order valence-corrected chi connectivity index (χ0v) is 18.4. The minimum absolute atomic E-state index is 0.160. The van der Waals surface area contributed by atoms with E-state index in [-0.39, 0.29) is 10.8 Å². The first-order valence-corrected chi connectivity index (χ1v) is 10.4. The van der Waals surface area contributed by atoms with E-state index in [1.165, 1.54) is 20.9 Å². The van der Waals surface area contributed by atoms with Gasteiger partial charge >= 0.3 is 0 Å². The monoisotopic (exact) mass is 414 g/mol. The third-order valence-electron chi connectivity index (χ3n) is 3.69. The van der Waals surface area contributed by atoms with Crippen LogP contribution >= 0.6 is 11.3 Å². The summed E-state index contributed by atoms with van der Waals surface area (Å²) in [7, 11) is -3.24. The summed E-state index contributed by atoms with van der Waals surface area (Å²) in [6, 6.07) is 13.0. The van der Waals surface area contributed by atoms with E-state index in [4.69, 9.17) is 23.4 Å². The van der Waals surface area contributed by atoms with Crippen LogP contribution in [0.5, 0.6) is 5.75 Å². The van der Waals surface area contributed by atoms with E-state index in [1.54, 1.807) is 7.11 Å². The molecule has 0 aliphatic rings. The summed E-state index contributed by atoms with van der Waals surface area (Å²) in [5, 5.41) is 0. The molecule has 0 spiro atoms. The van der Waals surface area contributed by atoms with E-state index >= 15 is 0 Å². The summed E-state index contributed by atoms with van der Waals surface area (Å²) in [6.45, 7) is 13.7. The second kappa shape index (κ2) is 8.82. The van der Waals surface area contributed by atoms with Crippen molar-refractivity contribution in [3.63, 3.8) is 0 Å². The molecule has 0 amide bonds. The largest absolute Gasteiger partial charge is 0.497 e. The van der Waals surface area contributed by atoms with Crippen LogP contribution < -0.4 is 23.4 Å². The normalized spacial score (nSPS) is 12.3. The lowest BCUT2D eigenvalue weighted by atomic mass is 9.90. The van der Waals surface area contributed by atoms with Gasteiger partial charge in [0.2, 0.25) is 21.1 Å². The maximum Gasteiger partial charge on any atom is 0.219 e. The Morgan fingerprint density at radius 1 is 0.741 bits per heavy atom. The van der Waals surface area contributed by atoms with E-state index < -0.39 is 10.2 Å². The predicted molar refractivity (Wildman–Crippen MR) is 98.1 cm³/mol. The van der Waals surface area contributed by atoms with Crippen LogP contribution in [0.25, 0.3) is 11.1 Å². The van der Waals surface area contributed by atoms with Crippen molar-refractivity contribution in [3.8, 4) is 16.9 Å². The van der Waals surface area contributed by atoms with E-state index in [0.717, 1.165) is 5.75 Å². The molecule has 0 saturated heterocycles. The van der Waals surface area contributed by atoms with Gasteiger partial charge < -0.3 is 4.74 Å². The second-order valence-electron chi connectivity index (χ2n) is 8.18. The molecular weight excluding hydrogens is 388 g/mol. The molecule has 27 heavy (non-hydrogen) atoms. The first-order chi connectivity index (χ1) is 12.1. The lowest BCUT2D eigenvalue weighted by molar-refractivity contribution is -2.00. The van der Waals surface area contributed by atoms with Crippen molar-refractivity contribution in [2.75, 3.05) is 7.11 Å². The SMILES string of the molecule is COc1ccc(-c2cc(C(C)(C)C)[s+]c(C(C)(C)C)c2)cc1.[O-][Cl+3]([O-])([O-])[O-]. The van der Waals surface area contributed by atoms with Crippen LogP contribution in [0.1, 0.15) is 51.3 Å². The van der Waals surface area contributed by atoms with Gasteiger partial charge in [0, 0.05) is 23.0 Å². The fourth-order valence-corrected chi connectivity index (χ4v) is 3.41. The fourth-order valence-electron chi connectivity index (χ4n) is 2.19. The van der Waals surface area contributed by atoms with Gasteiger partial charge in [0.15, 0.2) is 0 Å². The van der Waals surface area contributed by atoms with Gasteiger partial charge in [-0.25, -0.2) is 18.6 Å². The van der Waals surface area contributed by atoms with Gasteiger partial charge in [-0.1, -0.05) is 53.7 Å². The quantitative estimate of drug-likeness (QED) is 0.693. The second-order valence-corrected chi connectivity index (χ2v) is 10.0. The van der Waals surface area contributed by atoms with Crippen LogP contribution in [0, 0.1) is 10.2 Å². The molecule has 0 aliphatic heterocycles. The summed E-state index contributed by atoms with van der Waals surface area (Å²) < 4.78 is 39.2. The van der Waals surface area contributed by atoms with E-state index in [9.17, 15) is 0 Å². The maximum absolute atomic E-state index is 8.49. The van der Waals surface area contributed by atoms with Crippen molar-refractivity contribution in [1.29, 1.82) is 0 Å². The maximum atomic E-state index is 8.49. The van der Waals surface area contributed by atoms with Gasteiger partial charge in [-0.15, -0.1) is 10.2 Å². The Hall–Kier alpha value is -1.28. The molecule has 0 N–H and O–H groups in total. The molecule has 0 bridgehead atoms. The highest BCUT2D eigenvalue weighted by Crippen LogP contribution is 2.38. The number of ether oxygens (including phenoxy) is 1. The number of hydrogen-bond acceptors (Lipinski definition) is 5. The minimum Gasteiger partial charge on any atom is -0.497 e. The molecule has 0 saturated carbocycles. The topological polar surface area (TPSA) is 101 Å². The summed E-state index contributed by atoms with van der Waals surface area (Å²) in [4.78, 5) is 2.84. The highest BCUT2D eigenvalue weighted by Gasteiger charge is 2.32. The van der Waals surface area contributed by atoms with Crippen molar-refractivity contribution in [2.24, 2.45) is 0 Å². The van der Waals surface area contributed by atoms with Gasteiger partial charge in [0.05, 0.1) is 7.11 Å². The van der Waals surface area contributed by atoms with Crippen LogP contribution in [-0.2, 0) is 10.8 Å². The summed E-state index contributed by atoms with van der Waals surface area (Å²) in [5.41, 5.74) is 2.85. The molecule has 1 heterocycles. The lowest BCUT2D eigenvalue weighted by Crippen LogP contribution is -2.68.